The maximum Gasteiger partial charge on any atom is 0.321 e. The molecule has 21 heavy (non-hydrogen) atoms. The zero-order valence-electron chi connectivity index (χ0n) is 12.3. The number of nitrogens with one attached hydrogen (secondary N) is 3. The molecule has 0 aliphatic carbocycles. The van der Waals surface area contributed by atoms with E-state index in [0.717, 1.165) is 24.9 Å². The van der Waals surface area contributed by atoms with Crippen molar-refractivity contribution in [3.8, 4) is 0 Å². The van der Waals surface area contributed by atoms with E-state index in [9.17, 15) is 9.59 Å². The minimum absolute atomic E-state index is 0.101. The van der Waals surface area contributed by atoms with Crippen LogP contribution in [0.3, 0.4) is 0 Å². The largest absolute Gasteiger partial charge is 0.338 e. The molecule has 114 valence electrons. The molecule has 0 atom stereocenters. The fraction of sp³-hybridized carbons (Fsp3) is 0.467. The lowest BCUT2D eigenvalue weighted by Crippen LogP contribution is -2.30. The molecule has 1 aromatic carbocycles. The van der Waals surface area contributed by atoms with Crippen LogP contribution in [0.25, 0.3) is 0 Å². The number of amides is 4. The average Bonchev–Trinajstić information content (AvgIpc) is 2.90. The number of unbranched alkanes of at least 4 members (excludes halogenated alkanes) is 2. The Bertz CT molecular complexity index is 504. The zero-order valence-corrected chi connectivity index (χ0v) is 12.3. The summed E-state index contributed by atoms with van der Waals surface area (Å²) in [5, 5.41) is 8.37. The Morgan fingerprint density at radius 1 is 1.38 bits per heavy atom. The maximum absolute atomic E-state index is 11.8. The summed E-state index contributed by atoms with van der Waals surface area (Å²) in [6.45, 7) is 4.09. The molecule has 1 fully saturated rings. The summed E-state index contributed by atoms with van der Waals surface area (Å²) in [5.41, 5.74) is 1.47. The normalized spacial score (nSPS) is 14.0. The van der Waals surface area contributed by atoms with E-state index in [4.69, 9.17) is 0 Å². The molecular formula is C15H22N4O2. The third-order valence-corrected chi connectivity index (χ3v) is 3.34. The second kappa shape index (κ2) is 7.52. The van der Waals surface area contributed by atoms with Crippen LogP contribution in [0.2, 0.25) is 0 Å². The summed E-state index contributed by atoms with van der Waals surface area (Å²) >= 11 is 0. The van der Waals surface area contributed by atoms with Gasteiger partial charge in [0, 0.05) is 31.0 Å². The summed E-state index contributed by atoms with van der Waals surface area (Å²) in [7, 11) is 0. The molecule has 0 spiro atoms. The van der Waals surface area contributed by atoms with Gasteiger partial charge < -0.3 is 16.0 Å². The standard InChI is InChI=1S/C15H22N4O2/c1-2-3-4-8-16-14(20)18-12-6-5-7-13(11-12)19-10-9-17-15(19)21/h5-7,11H,2-4,8-10H2,1H3,(H,17,21)(H2,16,18,20). The molecule has 0 aromatic heterocycles. The van der Waals surface area contributed by atoms with Crippen LogP contribution in [0.15, 0.2) is 24.3 Å². The maximum atomic E-state index is 11.8. The van der Waals surface area contributed by atoms with Gasteiger partial charge in [0.15, 0.2) is 0 Å². The summed E-state index contributed by atoms with van der Waals surface area (Å²) in [6, 6.07) is 6.98. The molecule has 0 bridgehead atoms. The second-order valence-electron chi connectivity index (χ2n) is 5.02. The summed E-state index contributed by atoms with van der Waals surface area (Å²) < 4.78 is 0. The number of hydrogen-bond donors (Lipinski definition) is 3. The van der Waals surface area contributed by atoms with Gasteiger partial charge in [-0.1, -0.05) is 25.8 Å². The van der Waals surface area contributed by atoms with E-state index in [1.54, 1.807) is 11.0 Å². The van der Waals surface area contributed by atoms with Crippen molar-refractivity contribution in [2.45, 2.75) is 26.2 Å². The summed E-state index contributed by atoms with van der Waals surface area (Å²) in [6.07, 6.45) is 3.22. The fourth-order valence-electron chi connectivity index (χ4n) is 2.22. The van der Waals surface area contributed by atoms with Crippen molar-refractivity contribution < 1.29 is 9.59 Å². The molecule has 1 aliphatic heterocycles. The van der Waals surface area contributed by atoms with Gasteiger partial charge >= 0.3 is 12.1 Å². The van der Waals surface area contributed by atoms with Crippen molar-refractivity contribution in [3.63, 3.8) is 0 Å². The second-order valence-corrected chi connectivity index (χ2v) is 5.02. The van der Waals surface area contributed by atoms with Gasteiger partial charge in [-0.2, -0.15) is 0 Å². The Morgan fingerprint density at radius 3 is 2.95 bits per heavy atom. The summed E-state index contributed by atoms with van der Waals surface area (Å²) in [4.78, 5) is 25.0. The van der Waals surface area contributed by atoms with Crippen LogP contribution in [0.5, 0.6) is 0 Å². The van der Waals surface area contributed by atoms with Crippen molar-refractivity contribution in [2.75, 3.05) is 29.9 Å². The van der Waals surface area contributed by atoms with E-state index in [-0.39, 0.29) is 12.1 Å². The molecule has 0 unspecified atom stereocenters. The molecule has 1 heterocycles. The number of hydrogen-bond acceptors (Lipinski definition) is 2. The minimum Gasteiger partial charge on any atom is -0.338 e. The highest BCUT2D eigenvalue weighted by molar-refractivity contribution is 5.95. The molecule has 2 rings (SSSR count). The zero-order chi connectivity index (χ0) is 15.1. The van der Waals surface area contributed by atoms with E-state index in [1.807, 2.05) is 18.2 Å². The van der Waals surface area contributed by atoms with Crippen molar-refractivity contribution >= 4 is 23.4 Å². The first-order chi connectivity index (χ1) is 10.2. The first-order valence-corrected chi connectivity index (χ1v) is 7.41. The van der Waals surface area contributed by atoms with Gasteiger partial charge in [-0.05, 0) is 24.6 Å². The molecular weight excluding hydrogens is 268 g/mol. The number of carbonyl (C=O) groups excluding carboxylic acids is 2. The van der Waals surface area contributed by atoms with Crippen LogP contribution in [0.4, 0.5) is 21.0 Å². The van der Waals surface area contributed by atoms with Gasteiger partial charge in [-0.3, -0.25) is 4.90 Å². The Labute approximate surface area is 124 Å². The van der Waals surface area contributed by atoms with Crippen molar-refractivity contribution in [2.24, 2.45) is 0 Å². The fourth-order valence-corrected chi connectivity index (χ4v) is 2.22. The number of benzene rings is 1. The van der Waals surface area contributed by atoms with Crippen LogP contribution in [-0.2, 0) is 0 Å². The molecule has 1 aliphatic rings. The number of anilines is 2. The number of nitrogens with zero attached hydrogens (tertiary/aromatic N) is 1. The van der Waals surface area contributed by atoms with Gasteiger partial charge in [0.2, 0.25) is 0 Å². The smallest absolute Gasteiger partial charge is 0.321 e. The van der Waals surface area contributed by atoms with Gasteiger partial charge in [-0.25, -0.2) is 9.59 Å². The molecule has 6 heteroatoms. The molecule has 6 nitrogen and oxygen atoms in total. The molecule has 3 N–H and O–H groups in total. The van der Waals surface area contributed by atoms with Crippen LogP contribution >= 0.6 is 0 Å². The lowest BCUT2D eigenvalue weighted by molar-refractivity contribution is 0.251. The van der Waals surface area contributed by atoms with Gasteiger partial charge in [0.25, 0.3) is 0 Å². The topological polar surface area (TPSA) is 73.5 Å². The Balaban J connectivity index is 1.89. The van der Waals surface area contributed by atoms with Crippen molar-refractivity contribution in [3.05, 3.63) is 24.3 Å². The third-order valence-electron chi connectivity index (χ3n) is 3.34. The minimum atomic E-state index is -0.214. The highest BCUT2D eigenvalue weighted by Gasteiger charge is 2.21. The molecule has 1 aromatic rings. The highest BCUT2D eigenvalue weighted by atomic mass is 16.2. The van der Waals surface area contributed by atoms with Crippen LogP contribution in [0.1, 0.15) is 26.2 Å². The molecule has 1 saturated heterocycles. The van der Waals surface area contributed by atoms with E-state index >= 15 is 0 Å². The first-order valence-electron chi connectivity index (χ1n) is 7.41. The van der Waals surface area contributed by atoms with Gasteiger partial charge in [0.1, 0.15) is 0 Å². The lowest BCUT2D eigenvalue weighted by atomic mass is 10.2. The van der Waals surface area contributed by atoms with Crippen LogP contribution in [-0.4, -0.2) is 31.7 Å². The lowest BCUT2D eigenvalue weighted by Gasteiger charge is -2.15. The summed E-state index contributed by atoms with van der Waals surface area (Å²) in [5.74, 6) is 0. The van der Waals surface area contributed by atoms with Gasteiger partial charge in [-0.15, -0.1) is 0 Å². The predicted octanol–water partition coefficient (Wildman–Crippen LogP) is 2.53. The Hall–Kier alpha value is -2.24. The third kappa shape index (κ3) is 4.37. The first kappa shape index (κ1) is 15.2. The van der Waals surface area contributed by atoms with Crippen molar-refractivity contribution in [1.82, 2.24) is 10.6 Å². The van der Waals surface area contributed by atoms with Crippen molar-refractivity contribution in [1.29, 1.82) is 0 Å². The van der Waals surface area contributed by atoms with Gasteiger partial charge in [0.05, 0.1) is 0 Å². The average molecular weight is 290 g/mol. The SMILES string of the molecule is CCCCCNC(=O)Nc1cccc(N2CCNC2=O)c1. The Morgan fingerprint density at radius 2 is 2.24 bits per heavy atom. The van der Waals surface area contributed by atoms with Crippen LogP contribution in [0, 0.1) is 0 Å². The molecule has 4 amide bonds. The monoisotopic (exact) mass is 290 g/mol. The number of rotatable bonds is 6. The highest BCUT2D eigenvalue weighted by Crippen LogP contribution is 2.20. The predicted molar refractivity (Wildman–Crippen MR) is 83.7 cm³/mol. The van der Waals surface area contributed by atoms with Crippen LogP contribution < -0.4 is 20.9 Å². The van der Waals surface area contributed by atoms with E-state index in [1.165, 1.54) is 0 Å². The quantitative estimate of drug-likeness (QED) is 0.704. The molecule has 0 saturated carbocycles. The van der Waals surface area contributed by atoms with E-state index in [0.29, 0.717) is 25.3 Å². The van der Waals surface area contributed by atoms with E-state index < -0.39 is 0 Å². The molecule has 0 radical (unpaired) electrons. The number of urea groups is 2. The number of carbonyl (C=O) groups is 2. The Kier molecular flexibility index (Phi) is 5.43. The van der Waals surface area contributed by atoms with E-state index in [2.05, 4.69) is 22.9 Å².